The molecule has 1 aromatic heterocycles. The van der Waals surface area contributed by atoms with Gasteiger partial charge in [-0.1, -0.05) is 13.8 Å². The van der Waals surface area contributed by atoms with Gasteiger partial charge in [0, 0.05) is 6.61 Å². The molecule has 2 N–H and O–H groups in total. The molecule has 0 radical (unpaired) electrons. The molecule has 0 aromatic carbocycles. The van der Waals surface area contributed by atoms with Gasteiger partial charge in [-0.05, 0) is 19.8 Å². The first-order chi connectivity index (χ1) is 7.22. The maximum absolute atomic E-state index is 8.98. The van der Waals surface area contributed by atoms with Gasteiger partial charge in [0.2, 0.25) is 0 Å². The predicted molar refractivity (Wildman–Crippen MR) is 58.4 cm³/mol. The van der Waals surface area contributed by atoms with Gasteiger partial charge in [0.05, 0.1) is 18.5 Å². The fourth-order valence-corrected chi connectivity index (χ4v) is 1.80. The van der Waals surface area contributed by atoms with Crippen LogP contribution in [0.15, 0.2) is 6.20 Å². The lowest BCUT2D eigenvalue weighted by molar-refractivity contribution is -0.0567. The Morgan fingerprint density at radius 1 is 1.40 bits per heavy atom. The molecule has 0 saturated heterocycles. The van der Waals surface area contributed by atoms with E-state index >= 15 is 0 Å². The zero-order valence-electron chi connectivity index (χ0n) is 9.71. The van der Waals surface area contributed by atoms with Crippen molar-refractivity contribution in [2.75, 3.05) is 6.61 Å². The number of aromatic amines is 1. The molecular weight excluding hydrogens is 192 g/mol. The molecule has 1 rings (SSSR count). The van der Waals surface area contributed by atoms with Crippen molar-refractivity contribution in [2.24, 2.45) is 0 Å². The summed E-state index contributed by atoms with van der Waals surface area (Å²) in [4.78, 5) is 7.38. The number of hydrogen-bond donors (Lipinski definition) is 2. The normalized spacial score (nSPS) is 12.0. The topological polar surface area (TPSA) is 58.1 Å². The molecule has 86 valence electrons. The Balaban J connectivity index is 2.96. The third-order valence-electron chi connectivity index (χ3n) is 2.79. The molecule has 0 bridgehead atoms. The summed E-state index contributed by atoms with van der Waals surface area (Å²) in [6, 6.07) is 0. The molecule has 0 aliphatic heterocycles. The van der Waals surface area contributed by atoms with E-state index in [-0.39, 0.29) is 12.2 Å². The molecule has 4 heteroatoms. The third kappa shape index (κ3) is 2.38. The van der Waals surface area contributed by atoms with Crippen molar-refractivity contribution in [2.45, 2.75) is 45.8 Å². The average Bonchev–Trinajstić information content (AvgIpc) is 2.75. The van der Waals surface area contributed by atoms with Crippen LogP contribution in [0.2, 0.25) is 0 Å². The molecule has 0 unspecified atom stereocenters. The van der Waals surface area contributed by atoms with Gasteiger partial charge in [-0.3, -0.25) is 0 Å². The second kappa shape index (κ2) is 5.28. The molecule has 0 fully saturated rings. The van der Waals surface area contributed by atoms with Crippen LogP contribution in [-0.4, -0.2) is 21.7 Å². The minimum Gasteiger partial charge on any atom is -0.390 e. The van der Waals surface area contributed by atoms with Gasteiger partial charge in [-0.15, -0.1) is 0 Å². The van der Waals surface area contributed by atoms with Crippen LogP contribution in [0, 0.1) is 0 Å². The summed E-state index contributed by atoms with van der Waals surface area (Å²) in [6.07, 6.45) is 3.40. The summed E-state index contributed by atoms with van der Waals surface area (Å²) in [7, 11) is 0. The highest BCUT2D eigenvalue weighted by molar-refractivity contribution is 5.08. The summed E-state index contributed by atoms with van der Waals surface area (Å²) < 4.78 is 5.80. The van der Waals surface area contributed by atoms with Gasteiger partial charge >= 0.3 is 0 Å². The van der Waals surface area contributed by atoms with Crippen molar-refractivity contribution in [3.8, 4) is 0 Å². The maximum atomic E-state index is 8.98. The lowest BCUT2D eigenvalue weighted by Gasteiger charge is -2.29. The molecule has 15 heavy (non-hydrogen) atoms. The van der Waals surface area contributed by atoms with Crippen molar-refractivity contribution < 1.29 is 9.84 Å². The number of rotatable bonds is 6. The number of hydrogen-bond acceptors (Lipinski definition) is 3. The lowest BCUT2D eigenvalue weighted by Crippen LogP contribution is -2.29. The molecule has 1 heterocycles. The van der Waals surface area contributed by atoms with Crippen LogP contribution in [0.4, 0.5) is 0 Å². The summed E-state index contributed by atoms with van der Waals surface area (Å²) in [5.41, 5.74) is 0.401. The summed E-state index contributed by atoms with van der Waals surface area (Å²) in [5.74, 6) is 0.818. The molecule has 1 aromatic rings. The first-order valence-corrected chi connectivity index (χ1v) is 5.51. The Hall–Kier alpha value is -0.870. The van der Waals surface area contributed by atoms with Crippen LogP contribution >= 0.6 is 0 Å². The van der Waals surface area contributed by atoms with Gasteiger partial charge in [0.1, 0.15) is 11.4 Å². The molecule has 4 nitrogen and oxygen atoms in total. The van der Waals surface area contributed by atoms with E-state index in [0.717, 1.165) is 24.4 Å². The Labute approximate surface area is 90.7 Å². The number of aliphatic hydroxyl groups is 1. The van der Waals surface area contributed by atoms with Crippen LogP contribution in [-0.2, 0) is 16.9 Å². The zero-order valence-corrected chi connectivity index (χ0v) is 9.71. The van der Waals surface area contributed by atoms with E-state index in [4.69, 9.17) is 9.84 Å². The molecule has 0 aliphatic carbocycles. The van der Waals surface area contributed by atoms with Crippen LogP contribution in [0.1, 0.15) is 45.1 Å². The van der Waals surface area contributed by atoms with E-state index in [1.165, 1.54) is 0 Å². The van der Waals surface area contributed by atoms with Gasteiger partial charge in [0.25, 0.3) is 0 Å². The highest BCUT2D eigenvalue weighted by atomic mass is 16.5. The number of aliphatic hydroxyl groups excluding tert-OH is 1. The average molecular weight is 212 g/mol. The second-order valence-corrected chi connectivity index (χ2v) is 3.55. The number of nitrogens with zero attached hydrogens (tertiary/aromatic N) is 1. The lowest BCUT2D eigenvalue weighted by atomic mass is 9.96. The van der Waals surface area contributed by atoms with Crippen molar-refractivity contribution in [1.29, 1.82) is 0 Å². The van der Waals surface area contributed by atoms with Crippen molar-refractivity contribution >= 4 is 0 Å². The van der Waals surface area contributed by atoms with Crippen LogP contribution in [0.25, 0.3) is 0 Å². The van der Waals surface area contributed by atoms with E-state index in [9.17, 15) is 0 Å². The molecular formula is C11H20N2O2. The van der Waals surface area contributed by atoms with Gasteiger partial charge in [-0.2, -0.15) is 0 Å². The summed E-state index contributed by atoms with van der Waals surface area (Å²) in [6.45, 7) is 6.80. The van der Waals surface area contributed by atoms with E-state index in [1.54, 1.807) is 6.20 Å². The largest absolute Gasteiger partial charge is 0.390 e. The quantitative estimate of drug-likeness (QED) is 0.757. The maximum Gasteiger partial charge on any atom is 0.138 e. The number of ether oxygens (including phenoxy) is 1. The minimum absolute atomic E-state index is 0.0113. The van der Waals surface area contributed by atoms with Crippen LogP contribution < -0.4 is 0 Å². The zero-order chi connectivity index (χ0) is 11.3. The number of imidazole rings is 1. The van der Waals surface area contributed by atoms with Gasteiger partial charge in [-0.25, -0.2) is 4.98 Å². The highest BCUT2D eigenvalue weighted by Gasteiger charge is 2.31. The first kappa shape index (κ1) is 12.2. The molecule has 0 amide bonds. The number of H-pyrrole nitrogens is 1. The molecule has 0 atom stereocenters. The van der Waals surface area contributed by atoms with E-state index < -0.39 is 0 Å². The monoisotopic (exact) mass is 212 g/mol. The SMILES string of the molecule is CCOC(CC)(CC)c1ncc(CO)[nH]1. The molecule has 0 spiro atoms. The van der Waals surface area contributed by atoms with Crippen molar-refractivity contribution in [3.05, 3.63) is 17.7 Å². The summed E-state index contributed by atoms with van der Waals surface area (Å²) in [5, 5.41) is 8.98. The van der Waals surface area contributed by atoms with Crippen LogP contribution in [0.5, 0.6) is 0 Å². The highest BCUT2D eigenvalue weighted by Crippen LogP contribution is 2.30. The number of nitrogens with one attached hydrogen (secondary N) is 1. The smallest absolute Gasteiger partial charge is 0.138 e. The van der Waals surface area contributed by atoms with E-state index in [2.05, 4.69) is 23.8 Å². The fourth-order valence-electron chi connectivity index (χ4n) is 1.80. The summed E-state index contributed by atoms with van der Waals surface area (Å²) >= 11 is 0. The van der Waals surface area contributed by atoms with Gasteiger partial charge < -0.3 is 14.8 Å². The van der Waals surface area contributed by atoms with E-state index in [1.807, 2.05) is 6.92 Å². The Morgan fingerprint density at radius 2 is 2.07 bits per heavy atom. The van der Waals surface area contributed by atoms with E-state index in [0.29, 0.717) is 6.61 Å². The second-order valence-electron chi connectivity index (χ2n) is 3.55. The first-order valence-electron chi connectivity index (χ1n) is 5.51. The fraction of sp³-hybridized carbons (Fsp3) is 0.727. The molecule has 0 saturated carbocycles. The van der Waals surface area contributed by atoms with Crippen LogP contribution in [0.3, 0.4) is 0 Å². The Bertz CT molecular complexity index is 293. The number of aromatic nitrogens is 2. The Morgan fingerprint density at radius 3 is 2.47 bits per heavy atom. The van der Waals surface area contributed by atoms with Gasteiger partial charge in [0.15, 0.2) is 0 Å². The van der Waals surface area contributed by atoms with Crippen molar-refractivity contribution in [1.82, 2.24) is 9.97 Å². The third-order valence-corrected chi connectivity index (χ3v) is 2.79. The Kier molecular flexibility index (Phi) is 4.29. The van der Waals surface area contributed by atoms with Crippen molar-refractivity contribution in [3.63, 3.8) is 0 Å². The molecule has 0 aliphatic rings. The predicted octanol–water partition coefficient (Wildman–Crippen LogP) is 1.95. The minimum atomic E-state index is -0.331. The standard InChI is InChI=1S/C11H20N2O2/c1-4-11(5-2,15-6-3)10-12-7-9(8-14)13-10/h7,14H,4-6,8H2,1-3H3,(H,12,13).